The van der Waals surface area contributed by atoms with Crippen LogP contribution in [0, 0.1) is 0 Å². The molecule has 3 aromatic rings. The molecule has 1 fully saturated rings. The van der Waals surface area contributed by atoms with E-state index in [0.717, 1.165) is 21.4 Å². The van der Waals surface area contributed by atoms with Crippen molar-refractivity contribution in [1.29, 1.82) is 0 Å². The standard InChI is InChI=1S/C21H20ClN3O4S/c1-28-13-6-3-11(4-7-13)15-10-16(25-24-15)20(26)23-12-5-8-14-17(9-12)30-19(18(14)22)21(27)29-2/h3-9,15-16,24-25H,10H2,1-2H3,(H,23,26). The summed E-state index contributed by atoms with van der Waals surface area (Å²) in [7, 11) is 2.94. The van der Waals surface area contributed by atoms with Crippen LogP contribution >= 0.6 is 22.9 Å². The van der Waals surface area contributed by atoms with E-state index in [1.807, 2.05) is 24.3 Å². The lowest BCUT2D eigenvalue weighted by atomic mass is 10.0. The van der Waals surface area contributed by atoms with E-state index in [-0.39, 0.29) is 18.0 Å². The highest BCUT2D eigenvalue weighted by molar-refractivity contribution is 7.21. The summed E-state index contributed by atoms with van der Waals surface area (Å²) in [5.74, 6) is 0.171. The summed E-state index contributed by atoms with van der Waals surface area (Å²) < 4.78 is 10.7. The topological polar surface area (TPSA) is 88.7 Å². The largest absolute Gasteiger partial charge is 0.497 e. The third-order valence-corrected chi connectivity index (χ3v) is 6.64. The van der Waals surface area contributed by atoms with Crippen LogP contribution in [0.1, 0.15) is 27.7 Å². The van der Waals surface area contributed by atoms with Crippen LogP contribution < -0.4 is 20.9 Å². The quantitative estimate of drug-likeness (QED) is 0.516. The lowest BCUT2D eigenvalue weighted by Crippen LogP contribution is -2.39. The summed E-state index contributed by atoms with van der Waals surface area (Å²) in [5, 5.41) is 4.04. The number of hydrogen-bond acceptors (Lipinski definition) is 7. The number of hydrogen-bond donors (Lipinski definition) is 3. The van der Waals surface area contributed by atoms with Gasteiger partial charge in [0.15, 0.2) is 0 Å². The monoisotopic (exact) mass is 445 g/mol. The minimum absolute atomic E-state index is 0.0212. The molecule has 2 unspecified atom stereocenters. The zero-order valence-electron chi connectivity index (χ0n) is 16.3. The van der Waals surface area contributed by atoms with Gasteiger partial charge in [0.25, 0.3) is 0 Å². The molecular weight excluding hydrogens is 426 g/mol. The van der Waals surface area contributed by atoms with Gasteiger partial charge in [-0.1, -0.05) is 23.7 Å². The highest BCUT2D eigenvalue weighted by atomic mass is 35.5. The molecule has 2 atom stereocenters. The Bertz CT molecular complexity index is 1100. The Labute approximate surface area is 182 Å². The van der Waals surface area contributed by atoms with Crippen molar-refractivity contribution in [2.75, 3.05) is 19.5 Å². The first-order chi connectivity index (χ1) is 14.5. The van der Waals surface area contributed by atoms with E-state index < -0.39 is 5.97 Å². The molecule has 0 bridgehead atoms. The van der Waals surface area contributed by atoms with Gasteiger partial charge in [-0.25, -0.2) is 15.6 Å². The van der Waals surface area contributed by atoms with Gasteiger partial charge >= 0.3 is 5.97 Å². The van der Waals surface area contributed by atoms with Crippen LogP contribution in [0.25, 0.3) is 10.1 Å². The van der Waals surface area contributed by atoms with E-state index in [9.17, 15) is 9.59 Å². The highest BCUT2D eigenvalue weighted by Crippen LogP contribution is 2.37. The lowest BCUT2D eigenvalue weighted by molar-refractivity contribution is -0.117. The number of esters is 1. The molecule has 1 aliphatic heterocycles. The number of thiophene rings is 1. The summed E-state index contributed by atoms with van der Waals surface area (Å²) in [5.41, 5.74) is 7.93. The SMILES string of the molecule is COC(=O)c1sc2cc(NC(=O)C3CC(c4ccc(OC)cc4)NN3)ccc2c1Cl. The van der Waals surface area contributed by atoms with E-state index in [4.69, 9.17) is 21.1 Å². The summed E-state index contributed by atoms with van der Waals surface area (Å²) in [6.45, 7) is 0. The van der Waals surface area contributed by atoms with Crippen molar-refractivity contribution < 1.29 is 19.1 Å². The van der Waals surface area contributed by atoms with Crippen LogP contribution in [0.3, 0.4) is 0 Å². The number of hydrazine groups is 1. The van der Waals surface area contributed by atoms with Crippen LogP contribution in [0.4, 0.5) is 5.69 Å². The molecule has 2 aromatic carbocycles. The van der Waals surface area contributed by atoms with E-state index in [1.165, 1.54) is 18.4 Å². The van der Waals surface area contributed by atoms with Crippen LogP contribution in [-0.4, -0.2) is 32.1 Å². The maximum atomic E-state index is 12.7. The number of ether oxygens (including phenoxy) is 2. The molecule has 0 saturated carbocycles. The molecule has 1 saturated heterocycles. The Balaban J connectivity index is 1.44. The second-order valence-corrected chi connectivity index (χ2v) is 8.27. The lowest BCUT2D eigenvalue weighted by Gasteiger charge is -2.11. The maximum Gasteiger partial charge on any atom is 0.349 e. The highest BCUT2D eigenvalue weighted by Gasteiger charge is 2.30. The predicted molar refractivity (Wildman–Crippen MR) is 117 cm³/mol. The molecule has 1 amide bonds. The number of fused-ring (bicyclic) bond motifs is 1. The fourth-order valence-corrected chi connectivity index (χ4v) is 4.85. The summed E-state index contributed by atoms with van der Waals surface area (Å²) in [6.07, 6.45) is 0.609. The average Bonchev–Trinajstić information content (AvgIpc) is 3.38. The Morgan fingerprint density at radius 2 is 1.90 bits per heavy atom. The molecule has 30 heavy (non-hydrogen) atoms. The normalized spacial score (nSPS) is 18.4. The van der Waals surface area contributed by atoms with Crippen molar-refractivity contribution in [2.24, 2.45) is 0 Å². The minimum atomic E-state index is -0.474. The van der Waals surface area contributed by atoms with Crippen molar-refractivity contribution in [3.63, 3.8) is 0 Å². The van der Waals surface area contributed by atoms with Crippen molar-refractivity contribution in [3.05, 3.63) is 57.9 Å². The smallest absolute Gasteiger partial charge is 0.349 e. The van der Waals surface area contributed by atoms with Crippen molar-refractivity contribution in [1.82, 2.24) is 10.9 Å². The molecule has 0 aliphatic carbocycles. The third kappa shape index (κ3) is 3.99. The molecular formula is C21H20ClN3O4S. The second-order valence-electron chi connectivity index (χ2n) is 6.84. The number of amides is 1. The molecule has 1 aromatic heterocycles. The maximum absolute atomic E-state index is 12.7. The van der Waals surface area contributed by atoms with Gasteiger partial charge < -0.3 is 14.8 Å². The van der Waals surface area contributed by atoms with Gasteiger partial charge in [-0.05, 0) is 42.3 Å². The fourth-order valence-electron chi connectivity index (χ4n) is 3.38. The zero-order chi connectivity index (χ0) is 21.3. The number of halogens is 1. The molecule has 0 radical (unpaired) electrons. The second kappa shape index (κ2) is 8.61. The van der Waals surface area contributed by atoms with E-state index in [0.29, 0.717) is 22.0 Å². The Morgan fingerprint density at radius 3 is 2.60 bits per heavy atom. The molecule has 7 nitrogen and oxygen atoms in total. The molecule has 1 aliphatic rings. The van der Waals surface area contributed by atoms with Crippen LogP contribution in [0.5, 0.6) is 5.75 Å². The number of carbonyl (C=O) groups is 2. The van der Waals surface area contributed by atoms with E-state index in [1.54, 1.807) is 25.3 Å². The van der Waals surface area contributed by atoms with Crippen LogP contribution in [-0.2, 0) is 9.53 Å². The van der Waals surface area contributed by atoms with Gasteiger partial charge in [0.05, 0.1) is 19.2 Å². The predicted octanol–water partition coefficient (Wildman–Crippen LogP) is 3.90. The Morgan fingerprint density at radius 1 is 1.13 bits per heavy atom. The van der Waals surface area contributed by atoms with Crippen LogP contribution in [0.2, 0.25) is 5.02 Å². The van der Waals surface area contributed by atoms with Gasteiger partial charge in [0.1, 0.15) is 16.7 Å². The number of carbonyl (C=O) groups excluding carboxylic acids is 2. The number of benzene rings is 2. The summed E-state index contributed by atoms with van der Waals surface area (Å²) in [6, 6.07) is 12.7. The van der Waals surface area contributed by atoms with Gasteiger partial charge in [0, 0.05) is 21.8 Å². The van der Waals surface area contributed by atoms with Crippen LogP contribution in [0.15, 0.2) is 42.5 Å². The average molecular weight is 446 g/mol. The molecule has 0 spiro atoms. The van der Waals surface area contributed by atoms with Gasteiger partial charge in [-0.3, -0.25) is 4.79 Å². The first kappa shape index (κ1) is 20.6. The Hall–Kier alpha value is -2.65. The molecule has 4 rings (SSSR count). The van der Waals surface area contributed by atoms with Crippen molar-refractivity contribution in [3.8, 4) is 5.75 Å². The van der Waals surface area contributed by atoms with Crippen molar-refractivity contribution >= 4 is 50.6 Å². The van der Waals surface area contributed by atoms with Gasteiger partial charge in [-0.2, -0.15) is 0 Å². The van der Waals surface area contributed by atoms with E-state index >= 15 is 0 Å². The van der Waals surface area contributed by atoms with Gasteiger partial charge in [0.2, 0.25) is 5.91 Å². The number of nitrogens with one attached hydrogen (secondary N) is 3. The van der Waals surface area contributed by atoms with Crippen molar-refractivity contribution in [2.45, 2.75) is 18.5 Å². The summed E-state index contributed by atoms with van der Waals surface area (Å²) >= 11 is 7.52. The molecule has 2 heterocycles. The first-order valence-corrected chi connectivity index (χ1v) is 10.5. The first-order valence-electron chi connectivity index (χ1n) is 9.26. The summed E-state index contributed by atoms with van der Waals surface area (Å²) in [4.78, 5) is 24.9. The van der Waals surface area contributed by atoms with Gasteiger partial charge in [-0.15, -0.1) is 11.3 Å². The zero-order valence-corrected chi connectivity index (χ0v) is 17.9. The van der Waals surface area contributed by atoms with E-state index in [2.05, 4.69) is 16.2 Å². The fraction of sp³-hybridized carbons (Fsp3) is 0.238. The number of anilines is 1. The number of rotatable bonds is 5. The third-order valence-electron chi connectivity index (χ3n) is 5.01. The molecule has 3 N–H and O–H groups in total. The molecule has 156 valence electrons. The molecule has 9 heteroatoms. The minimum Gasteiger partial charge on any atom is -0.497 e. The number of methoxy groups -OCH3 is 2. The Kier molecular flexibility index (Phi) is 5.92.